The number of rotatable bonds is 10. The van der Waals surface area contributed by atoms with E-state index in [1.807, 2.05) is 12.1 Å². The Morgan fingerprint density at radius 2 is 1.60 bits per heavy atom. The maximum Gasteiger partial charge on any atom is 0.431 e. The average molecular weight is 591 g/mol. The molecule has 2 aromatic heterocycles. The molecule has 0 atom stereocenters. The summed E-state index contributed by atoms with van der Waals surface area (Å²) in [5.41, 5.74) is 3.42. The zero-order valence-corrected chi connectivity index (χ0v) is 23.8. The van der Waals surface area contributed by atoms with Crippen molar-refractivity contribution in [2.75, 3.05) is 12.6 Å². The number of carbonyl (C=O) groups excluding carboxylic acids is 1. The number of methoxy groups -OCH3 is 1. The normalized spacial score (nSPS) is 11.4. The Balaban J connectivity index is 1.62. The van der Waals surface area contributed by atoms with Crippen LogP contribution in [0.1, 0.15) is 26.3 Å². The maximum atomic E-state index is 12.5. The topological polar surface area (TPSA) is 167 Å². The maximum absolute atomic E-state index is 12.5. The lowest BCUT2D eigenvalue weighted by atomic mass is 9.87. The third-order valence-corrected chi connectivity index (χ3v) is 5.78. The van der Waals surface area contributed by atoms with E-state index in [1.165, 1.54) is 19.5 Å². The molecule has 0 aliphatic heterocycles. The number of anilines is 1. The van der Waals surface area contributed by atoms with Crippen LogP contribution in [0.4, 0.5) is 10.6 Å². The van der Waals surface area contributed by atoms with Gasteiger partial charge in [-0.15, -0.1) is 0 Å². The predicted molar refractivity (Wildman–Crippen MR) is 153 cm³/mol. The minimum Gasteiger partial charge on any atom is -0.493 e. The zero-order chi connectivity index (χ0) is 30.3. The molecule has 2 aromatic carbocycles. The number of benzene rings is 2. The summed E-state index contributed by atoms with van der Waals surface area (Å²) in [6.07, 6.45) is 2.87. The second-order valence-corrected chi connectivity index (χ2v) is 10.2. The monoisotopic (exact) mass is 591 g/mol. The Kier molecular flexibility index (Phi) is 9.35. The molecule has 0 saturated heterocycles. The second kappa shape index (κ2) is 12.9. The third-order valence-electron chi connectivity index (χ3n) is 5.29. The molecule has 0 saturated carbocycles. The summed E-state index contributed by atoms with van der Waals surface area (Å²) in [5.74, 6) is -3.64. The number of carbonyl (C=O) groups is 1. The number of ether oxygens (including phenoxy) is 3. The van der Waals surface area contributed by atoms with Gasteiger partial charge in [0.1, 0.15) is 5.75 Å². The molecular weight excluding hydrogens is 565 g/mol. The fraction of sp³-hybridized carbons (Fsp3) is 0.222. The number of hydrogen-bond donors (Lipinski definition) is 3. The van der Waals surface area contributed by atoms with Crippen molar-refractivity contribution in [3.05, 3.63) is 72.6 Å². The van der Waals surface area contributed by atoms with Crippen LogP contribution in [-0.4, -0.2) is 56.3 Å². The van der Waals surface area contributed by atoms with Gasteiger partial charge in [0.2, 0.25) is 25.2 Å². The highest BCUT2D eigenvalue weighted by atomic mass is 32.2. The molecule has 13 nitrogen and oxygen atoms in total. The number of hydrogen-bond acceptors (Lipinski definition) is 14. The van der Waals surface area contributed by atoms with Gasteiger partial charge >= 0.3 is 5.30 Å². The van der Waals surface area contributed by atoms with Crippen LogP contribution in [0.3, 0.4) is 0 Å². The molecular formula is C27H26BN5O8S. The lowest BCUT2D eigenvalue weighted by Gasteiger charge is -2.22. The van der Waals surface area contributed by atoms with Crippen molar-refractivity contribution in [3.8, 4) is 40.5 Å². The molecule has 0 fully saturated rings. The van der Waals surface area contributed by atoms with E-state index in [1.54, 1.807) is 42.5 Å². The van der Waals surface area contributed by atoms with Crippen LogP contribution in [0.2, 0.25) is 0 Å². The van der Waals surface area contributed by atoms with Crippen molar-refractivity contribution in [1.82, 2.24) is 19.9 Å². The molecule has 15 heteroatoms. The Morgan fingerprint density at radius 3 is 2.21 bits per heavy atom. The molecule has 0 unspecified atom stereocenters. The largest absolute Gasteiger partial charge is 0.493 e. The van der Waals surface area contributed by atoms with E-state index < -0.39 is 17.1 Å². The quantitative estimate of drug-likeness (QED) is 0.103. The number of nitrogens with zero attached hydrogens (tertiary/aromatic N) is 4. The minimum absolute atomic E-state index is 0.0236. The number of aliphatic hydroxyl groups is 2. The van der Waals surface area contributed by atoms with Gasteiger partial charge < -0.3 is 33.4 Å². The number of nitrogens with one attached hydrogen (secondary N) is 1. The Labute approximate surface area is 246 Å². The molecule has 0 aliphatic carbocycles. The number of para-hydroxylation sites is 2. The Hall–Kier alpha value is -4.60. The molecule has 4 rings (SSSR count). The zero-order valence-electron chi connectivity index (χ0n) is 23.0. The van der Waals surface area contributed by atoms with Crippen molar-refractivity contribution in [1.29, 1.82) is 0 Å². The summed E-state index contributed by atoms with van der Waals surface area (Å²) in [7, 11) is 6.69. The predicted octanol–water partition coefficient (Wildman–Crippen LogP) is 4.37. The fourth-order valence-electron chi connectivity index (χ4n) is 3.33. The van der Waals surface area contributed by atoms with Crippen molar-refractivity contribution < 1.29 is 38.2 Å². The average Bonchev–Trinajstić information content (AvgIpc) is 2.95. The van der Waals surface area contributed by atoms with Crippen LogP contribution in [-0.2, 0) is 10.3 Å². The summed E-state index contributed by atoms with van der Waals surface area (Å²) in [6.45, 7) is 6.25. The third kappa shape index (κ3) is 8.22. The van der Waals surface area contributed by atoms with Crippen molar-refractivity contribution in [2.45, 2.75) is 32.1 Å². The van der Waals surface area contributed by atoms with E-state index in [-0.39, 0.29) is 34.4 Å². The van der Waals surface area contributed by atoms with E-state index in [9.17, 15) is 15.0 Å². The van der Waals surface area contributed by atoms with E-state index in [2.05, 4.69) is 46.2 Å². The van der Waals surface area contributed by atoms with Gasteiger partial charge in [-0.1, -0.05) is 45.0 Å². The Morgan fingerprint density at radius 1 is 0.929 bits per heavy atom. The lowest BCUT2D eigenvalue weighted by molar-refractivity contribution is -0.225. The molecule has 3 N–H and O–H groups in total. The van der Waals surface area contributed by atoms with Crippen LogP contribution in [0.25, 0.3) is 11.6 Å². The summed E-state index contributed by atoms with van der Waals surface area (Å²) in [5, 5.41) is 18.7. The SMILES string of the molecule is [B]C(O)(O)Oc1nc(-c2ncccn2)nc(NOC(=O)SOc2ccc(C(C)(C)C)cc2)c1Oc1ccccc1OC. The van der Waals surface area contributed by atoms with Gasteiger partial charge in [0, 0.05) is 12.4 Å². The van der Waals surface area contributed by atoms with E-state index in [0.717, 1.165) is 5.56 Å². The van der Waals surface area contributed by atoms with Gasteiger partial charge in [-0.25, -0.2) is 19.7 Å². The Bertz CT molecular complexity index is 1520. The molecule has 4 aromatic rings. The first-order valence-corrected chi connectivity index (χ1v) is 13.0. The standard InChI is InChI=1S/C27H26BN5O8S/c1-26(2,3)16-10-12-17(13-11-16)41-42-25(34)40-33-21-20(38-19-9-6-5-8-18(19)37-4)24(39-27(28,35)36)32-23(31-21)22-29-14-7-15-30-22/h5-15,35-36H,1-4H3,(H,31,32,33). The van der Waals surface area contributed by atoms with Gasteiger partial charge in [0.05, 0.1) is 7.11 Å². The first-order valence-electron chi connectivity index (χ1n) is 12.3. The molecule has 2 heterocycles. The second-order valence-electron chi connectivity index (χ2n) is 9.51. The summed E-state index contributed by atoms with van der Waals surface area (Å²) in [4.78, 5) is 34.3. The lowest BCUT2D eigenvalue weighted by Crippen LogP contribution is -2.36. The van der Waals surface area contributed by atoms with Gasteiger partial charge in [0.15, 0.2) is 29.4 Å². The van der Waals surface area contributed by atoms with Crippen LogP contribution in [0, 0.1) is 0 Å². The van der Waals surface area contributed by atoms with Crippen LogP contribution in [0.15, 0.2) is 67.0 Å². The highest BCUT2D eigenvalue weighted by molar-refractivity contribution is 8.09. The molecule has 42 heavy (non-hydrogen) atoms. The van der Waals surface area contributed by atoms with Crippen molar-refractivity contribution in [2.24, 2.45) is 0 Å². The smallest absolute Gasteiger partial charge is 0.431 e. The van der Waals surface area contributed by atoms with Crippen molar-refractivity contribution >= 4 is 31.0 Å². The summed E-state index contributed by atoms with van der Waals surface area (Å²) < 4.78 is 21.7. The molecule has 0 bridgehead atoms. The first-order chi connectivity index (χ1) is 19.9. The molecule has 0 aliphatic rings. The summed E-state index contributed by atoms with van der Waals surface area (Å²) in [6, 6.07) is 15.4. The van der Waals surface area contributed by atoms with Crippen molar-refractivity contribution in [3.63, 3.8) is 0 Å². The van der Waals surface area contributed by atoms with Gasteiger partial charge in [-0.2, -0.15) is 10.5 Å². The fourth-order valence-corrected chi connectivity index (χ4v) is 3.68. The van der Waals surface area contributed by atoms with Crippen LogP contribution in [0.5, 0.6) is 28.9 Å². The summed E-state index contributed by atoms with van der Waals surface area (Å²) >= 11 is 0.409. The van der Waals surface area contributed by atoms with Gasteiger partial charge in [-0.3, -0.25) is 0 Å². The van der Waals surface area contributed by atoms with E-state index in [0.29, 0.717) is 23.5 Å². The highest BCUT2D eigenvalue weighted by Crippen LogP contribution is 2.41. The van der Waals surface area contributed by atoms with Crippen LogP contribution < -0.4 is 23.9 Å². The molecule has 2 radical (unpaired) electrons. The van der Waals surface area contributed by atoms with Gasteiger partial charge in [-0.05, 0) is 41.3 Å². The highest BCUT2D eigenvalue weighted by Gasteiger charge is 2.28. The van der Waals surface area contributed by atoms with Crippen LogP contribution >= 0.6 is 12.0 Å². The first kappa shape index (κ1) is 30.4. The molecule has 216 valence electrons. The molecule has 0 spiro atoms. The van der Waals surface area contributed by atoms with E-state index >= 15 is 0 Å². The van der Waals surface area contributed by atoms with E-state index in [4.69, 9.17) is 31.1 Å². The molecule has 0 amide bonds. The number of aromatic nitrogens is 4. The minimum atomic E-state index is -3.18. The van der Waals surface area contributed by atoms with Gasteiger partial charge in [0.25, 0.3) is 11.8 Å².